The fourth-order valence-corrected chi connectivity index (χ4v) is 1.44. The number of ether oxygens (including phenoxy) is 6. The maximum Gasteiger partial charge on any atom is 0.104 e. The van der Waals surface area contributed by atoms with Crippen molar-refractivity contribution >= 4 is 0 Å². The van der Waals surface area contributed by atoms with Crippen LogP contribution in [-0.4, -0.2) is 103 Å². The number of methoxy groups -OCH3 is 1. The first-order valence-corrected chi connectivity index (χ1v) is 7.48. The topological polar surface area (TPSA) is 95.8 Å². The number of rotatable bonds is 18. The highest BCUT2D eigenvalue weighted by molar-refractivity contribution is 4.56. The van der Waals surface area contributed by atoms with Crippen LogP contribution in [0.25, 0.3) is 0 Å². The molecule has 0 aromatic rings. The number of aliphatic hydroxyl groups excluding tert-OH is 2. The van der Waals surface area contributed by atoms with Crippen molar-refractivity contribution < 1.29 is 38.6 Å². The van der Waals surface area contributed by atoms with Gasteiger partial charge in [-0.1, -0.05) is 0 Å². The molecule has 22 heavy (non-hydrogen) atoms. The quantitative estimate of drug-likeness (QED) is 0.312. The van der Waals surface area contributed by atoms with Gasteiger partial charge in [-0.05, 0) is 0 Å². The van der Waals surface area contributed by atoms with Crippen molar-refractivity contribution in [3.8, 4) is 0 Å². The van der Waals surface area contributed by atoms with Gasteiger partial charge >= 0.3 is 0 Å². The Balaban J connectivity index is 3.65. The number of aliphatic hydroxyl groups is 2. The molecule has 2 N–H and O–H groups in total. The molecule has 8 heteroatoms. The minimum Gasteiger partial charge on any atom is -0.394 e. The molecule has 0 aliphatic heterocycles. The monoisotopic (exact) mass is 326 g/mol. The SMILES string of the molecule is COCCOCCOC(COCCO)COCCOCCO. The fraction of sp³-hybridized carbons (Fsp3) is 1.00. The van der Waals surface area contributed by atoms with Crippen molar-refractivity contribution in [2.75, 3.05) is 86.4 Å². The molecule has 0 bridgehead atoms. The van der Waals surface area contributed by atoms with Gasteiger partial charge in [-0.15, -0.1) is 0 Å². The van der Waals surface area contributed by atoms with Crippen molar-refractivity contribution in [1.82, 2.24) is 0 Å². The molecule has 0 aromatic heterocycles. The largest absolute Gasteiger partial charge is 0.394 e. The predicted molar refractivity (Wildman–Crippen MR) is 79.1 cm³/mol. The summed E-state index contributed by atoms with van der Waals surface area (Å²) in [6.07, 6.45) is -0.226. The summed E-state index contributed by atoms with van der Waals surface area (Å²) < 4.78 is 31.6. The highest BCUT2D eigenvalue weighted by Gasteiger charge is 2.10. The highest BCUT2D eigenvalue weighted by Crippen LogP contribution is 1.96. The first-order valence-electron chi connectivity index (χ1n) is 7.48. The van der Waals surface area contributed by atoms with Crippen LogP contribution in [0.15, 0.2) is 0 Å². The van der Waals surface area contributed by atoms with Crippen molar-refractivity contribution in [3.63, 3.8) is 0 Å². The molecule has 1 atom stereocenters. The first-order chi connectivity index (χ1) is 10.8. The Labute approximate surface area is 132 Å². The molecule has 0 spiro atoms. The van der Waals surface area contributed by atoms with E-state index in [1.807, 2.05) is 0 Å². The standard InChI is InChI=1S/C14H30O8/c1-17-6-7-19-10-11-22-14(12-20-5-3-16)13-21-9-8-18-4-2-15/h14-16H,2-13H2,1H3. The van der Waals surface area contributed by atoms with Crippen molar-refractivity contribution in [2.45, 2.75) is 6.10 Å². The Morgan fingerprint density at radius 2 is 1.14 bits per heavy atom. The molecule has 0 radical (unpaired) electrons. The van der Waals surface area contributed by atoms with Gasteiger partial charge in [0.05, 0.1) is 79.3 Å². The zero-order valence-corrected chi connectivity index (χ0v) is 13.4. The lowest BCUT2D eigenvalue weighted by Gasteiger charge is -2.18. The molecule has 0 fully saturated rings. The molecule has 0 amide bonds. The molecule has 0 aromatic carbocycles. The smallest absolute Gasteiger partial charge is 0.104 e. The van der Waals surface area contributed by atoms with Crippen LogP contribution in [-0.2, 0) is 28.4 Å². The van der Waals surface area contributed by atoms with Crippen LogP contribution in [0, 0.1) is 0 Å². The molecule has 0 saturated carbocycles. The van der Waals surface area contributed by atoms with Crippen LogP contribution in [0.4, 0.5) is 0 Å². The maximum absolute atomic E-state index is 8.71. The Bertz CT molecular complexity index is 189. The van der Waals surface area contributed by atoms with Gasteiger partial charge in [0.25, 0.3) is 0 Å². The average Bonchev–Trinajstić information content (AvgIpc) is 2.53. The molecular weight excluding hydrogens is 296 g/mol. The predicted octanol–water partition coefficient (Wildman–Crippen LogP) is -0.931. The van der Waals surface area contributed by atoms with Gasteiger partial charge < -0.3 is 38.6 Å². The van der Waals surface area contributed by atoms with Gasteiger partial charge in [0.1, 0.15) is 6.10 Å². The lowest BCUT2D eigenvalue weighted by atomic mass is 10.4. The second kappa shape index (κ2) is 18.7. The van der Waals surface area contributed by atoms with Gasteiger partial charge in [0.2, 0.25) is 0 Å². The highest BCUT2D eigenvalue weighted by atomic mass is 16.6. The summed E-state index contributed by atoms with van der Waals surface area (Å²) >= 11 is 0. The van der Waals surface area contributed by atoms with Crippen LogP contribution in [0.3, 0.4) is 0 Å². The number of hydrogen-bond acceptors (Lipinski definition) is 8. The van der Waals surface area contributed by atoms with Crippen molar-refractivity contribution in [1.29, 1.82) is 0 Å². The first kappa shape index (κ1) is 21.7. The summed E-state index contributed by atoms with van der Waals surface area (Å²) in [5.41, 5.74) is 0. The van der Waals surface area contributed by atoms with Crippen LogP contribution in [0.5, 0.6) is 0 Å². The van der Waals surface area contributed by atoms with Crippen molar-refractivity contribution in [3.05, 3.63) is 0 Å². The van der Waals surface area contributed by atoms with Gasteiger partial charge in [0, 0.05) is 7.11 Å². The molecule has 0 saturated heterocycles. The van der Waals surface area contributed by atoms with E-state index in [1.165, 1.54) is 0 Å². The summed E-state index contributed by atoms with van der Waals surface area (Å²) in [4.78, 5) is 0. The molecule has 0 aliphatic carbocycles. The Kier molecular flexibility index (Phi) is 18.5. The third-order valence-electron chi connectivity index (χ3n) is 2.46. The van der Waals surface area contributed by atoms with Gasteiger partial charge in [-0.2, -0.15) is 0 Å². The van der Waals surface area contributed by atoms with E-state index in [0.29, 0.717) is 59.5 Å². The van der Waals surface area contributed by atoms with Crippen LogP contribution < -0.4 is 0 Å². The zero-order chi connectivity index (χ0) is 16.3. The normalized spacial score (nSPS) is 12.7. The van der Waals surface area contributed by atoms with Gasteiger partial charge in [-0.25, -0.2) is 0 Å². The fourth-order valence-electron chi connectivity index (χ4n) is 1.44. The average molecular weight is 326 g/mol. The molecule has 0 aliphatic rings. The molecule has 0 rings (SSSR count). The van der Waals surface area contributed by atoms with E-state index in [1.54, 1.807) is 7.11 Å². The second-order valence-electron chi connectivity index (χ2n) is 4.31. The minimum atomic E-state index is -0.226. The van der Waals surface area contributed by atoms with E-state index in [0.717, 1.165) is 0 Å². The van der Waals surface area contributed by atoms with Gasteiger partial charge in [-0.3, -0.25) is 0 Å². The molecule has 1 unspecified atom stereocenters. The summed E-state index contributed by atoms with van der Waals surface area (Å²) in [5, 5.41) is 17.3. The van der Waals surface area contributed by atoms with Crippen LogP contribution in [0.1, 0.15) is 0 Å². The van der Waals surface area contributed by atoms with E-state index < -0.39 is 0 Å². The van der Waals surface area contributed by atoms with E-state index in [-0.39, 0.29) is 25.9 Å². The molecule has 8 nitrogen and oxygen atoms in total. The summed E-state index contributed by atoms with van der Waals surface area (Å²) in [6, 6.07) is 0. The lowest BCUT2D eigenvalue weighted by molar-refractivity contribution is -0.0829. The lowest BCUT2D eigenvalue weighted by Crippen LogP contribution is -2.28. The van der Waals surface area contributed by atoms with E-state index >= 15 is 0 Å². The zero-order valence-electron chi connectivity index (χ0n) is 13.4. The third kappa shape index (κ3) is 16.1. The second-order valence-corrected chi connectivity index (χ2v) is 4.31. The van der Waals surface area contributed by atoms with E-state index in [2.05, 4.69) is 0 Å². The Hall–Kier alpha value is -0.320. The van der Waals surface area contributed by atoms with E-state index in [9.17, 15) is 0 Å². The summed E-state index contributed by atoms with van der Waals surface area (Å²) in [6.45, 7) is 4.10. The maximum atomic E-state index is 8.71. The molecule has 0 heterocycles. The van der Waals surface area contributed by atoms with Crippen molar-refractivity contribution in [2.24, 2.45) is 0 Å². The molecule has 134 valence electrons. The Morgan fingerprint density at radius 1 is 0.636 bits per heavy atom. The Morgan fingerprint density at radius 3 is 1.82 bits per heavy atom. The minimum absolute atomic E-state index is 0.00378. The molecular formula is C14H30O8. The van der Waals surface area contributed by atoms with Crippen LogP contribution in [0.2, 0.25) is 0 Å². The summed E-state index contributed by atoms with van der Waals surface area (Å²) in [5.74, 6) is 0. The summed E-state index contributed by atoms with van der Waals surface area (Å²) in [7, 11) is 1.62. The number of hydrogen-bond donors (Lipinski definition) is 2. The van der Waals surface area contributed by atoms with Gasteiger partial charge in [0.15, 0.2) is 0 Å². The van der Waals surface area contributed by atoms with E-state index in [4.69, 9.17) is 38.6 Å². The van der Waals surface area contributed by atoms with Crippen LogP contribution >= 0.6 is 0 Å². The third-order valence-corrected chi connectivity index (χ3v) is 2.46.